The van der Waals surface area contributed by atoms with Gasteiger partial charge in [-0.3, -0.25) is 10.1 Å². The lowest BCUT2D eigenvalue weighted by molar-refractivity contribution is -0.385. The molecule has 1 aromatic rings. The van der Waals surface area contributed by atoms with Gasteiger partial charge in [-0.05, 0) is 12.1 Å². The zero-order valence-corrected chi connectivity index (χ0v) is 8.30. The van der Waals surface area contributed by atoms with Gasteiger partial charge in [-0.2, -0.15) is 0 Å². The minimum absolute atomic E-state index is 0.0550. The van der Waals surface area contributed by atoms with Crippen LogP contribution in [0.3, 0.4) is 0 Å². The SMILES string of the molecule is O=[N+]([O-])c1cc(Cl)ccc1CBr. The van der Waals surface area contributed by atoms with Gasteiger partial charge < -0.3 is 0 Å². The van der Waals surface area contributed by atoms with Gasteiger partial charge in [0.2, 0.25) is 0 Å². The van der Waals surface area contributed by atoms with Crippen molar-refractivity contribution >= 4 is 33.2 Å². The van der Waals surface area contributed by atoms with Crippen LogP contribution >= 0.6 is 27.5 Å². The first-order valence-electron chi connectivity index (χ1n) is 3.14. The predicted molar refractivity (Wildman–Crippen MR) is 50.7 cm³/mol. The Labute approximate surface area is 82.6 Å². The molecule has 0 aliphatic rings. The zero-order valence-electron chi connectivity index (χ0n) is 5.96. The normalized spacial score (nSPS) is 9.83. The summed E-state index contributed by atoms with van der Waals surface area (Å²) in [6, 6.07) is 4.61. The first kappa shape index (κ1) is 9.48. The Morgan fingerprint density at radius 1 is 1.58 bits per heavy atom. The van der Waals surface area contributed by atoms with E-state index in [9.17, 15) is 10.1 Å². The number of nitro groups is 1. The minimum atomic E-state index is -0.442. The standard InChI is InChI=1S/C7H5BrClNO2/c8-4-5-1-2-6(9)3-7(5)10(11)12/h1-3H,4H2. The smallest absolute Gasteiger partial charge is 0.258 e. The molecule has 0 spiro atoms. The highest BCUT2D eigenvalue weighted by Gasteiger charge is 2.12. The molecule has 0 saturated heterocycles. The van der Waals surface area contributed by atoms with E-state index >= 15 is 0 Å². The Balaban J connectivity index is 3.21. The maximum absolute atomic E-state index is 10.5. The molecule has 0 aromatic heterocycles. The van der Waals surface area contributed by atoms with Crippen molar-refractivity contribution in [3.05, 3.63) is 38.9 Å². The second-order valence-electron chi connectivity index (χ2n) is 2.16. The lowest BCUT2D eigenvalue weighted by Gasteiger charge is -1.98. The van der Waals surface area contributed by atoms with Gasteiger partial charge in [-0.15, -0.1) is 0 Å². The van der Waals surface area contributed by atoms with Crippen LogP contribution in [0.25, 0.3) is 0 Å². The largest absolute Gasteiger partial charge is 0.274 e. The van der Waals surface area contributed by atoms with Crippen molar-refractivity contribution in [2.75, 3.05) is 0 Å². The molecule has 64 valence electrons. The molecule has 5 heteroatoms. The molecular formula is C7H5BrClNO2. The highest BCUT2D eigenvalue weighted by atomic mass is 79.9. The van der Waals surface area contributed by atoms with Crippen molar-refractivity contribution in [1.82, 2.24) is 0 Å². The van der Waals surface area contributed by atoms with Crippen molar-refractivity contribution in [3.8, 4) is 0 Å². The third-order valence-corrected chi connectivity index (χ3v) is 2.23. The number of nitrogens with zero attached hydrogens (tertiary/aromatic N) is 1. The van der Waals surface area contributed by atoms with E-state index in [1.54, 1.807) is 12.1 Å². The molecule has 0 fully saturated rings. The van der Waals surface area contributed by atoms with Crippen LogP contribution in [0.15, 0.2) is 18.2 Å². The summed E-state index contributed by atoms with van der Waals surface area (Å²) in [5.41, 5.74) is 0.684. The average Bonchev–Trinajstić information content (AvgIpc) is 2.04. The zero-order chi connectivity index (χ0) is 9.14. The number of benzene rings is 1. The molecule has 0 aliphatic carbocycles. The molecule has 0 atom stereocenters. The Kier molecular flexibility index (Phi) is 3.05. The fraction of sp³-hybridized carbons (Fsp3) is 0.143. The summed E-state index contributed by atoms with van der Waals surface area (Å²) in [4.78, 5) is 10.0. The molecule has 0 aliphatic heterocycles. The Bertz CT molecular complexity index is 316. The van der Waals surface area contributed by atoms with Gasteiger partial charge in [0.15, 0.2) is 0 Å². The molecule has 0 amide bonds. The lowest BCUT2D eigenvalue weighted by Crippen LogP contribution is -1.92. The van der Waals surface area contributed by atoms with Gasteiger partial charge in [-0.25, -0.2) is 0 Å². The van der Waals surface area contributed by atoms with E-state index in [0.717, 1.165) is 0 Å². The molecule has 0 saturated carbocycles. The number of rotatable bonds is 2. The lowest BCUT2D eigenvalue weighted by atomic mass is 10.2. The van der Waals surface area contributed by atoms with Gasteiger partial charge in [0.25, 0.3) is 5.69 Å². The molecule has 12 heavy (non-hydrogen) atoms. The molecule has 0 unspecified atom stereocenters. The summed E-state index contributed by atoms with van der Waals surface area (Å²) in [6.45, 7) is 0. The summed E-state index contributed by atoms with van der Waals surface area (Å²) in [5, 5.41) is 11.3. The summed E-state index contributed by atoms with van der Waals surface area (Å²) < 4.78 is 0. The quantitative estimate of drug-likeness (QED) is 0.460. The Morgan fingerprint density at radius 3 is 2.75 bits per heavy atom. The summed E-state index contributed by atoms with van der Waals surface area (Å²) in [7, 11) is 0. The number of hydrogen-bond donors (Lipinski definition) is 0. The predicted octanol–water partition coefficient (Wildman–Crippen LogP) is 3.14. The number of nitro benzene ring substituents is 1. The number of alkyl halides is 1. The van der Waals surface area contributed by atoms with Gasteiger partial charge in [0.05, 0.1) is 4.92 Å². The van der Waals surface area contributed by atoms with Gasteiger partial charge in [0, 0.05) is 22.0 Å². The Hall–Kier alpha value is -0.610. The second kappa shape index (κ2) is 3.87. The molecular weight excluding hydrogens is 245 g/mol. The van der Waals surface area contributed by atoms with Crippen LogP contribution in [0, 0.1) is 10.1 Å². The molecule has 0 radical (unpaired) electrons. The van der Waals surface area contributed by atoms with Crippen LogP contribution in [0.1, 0.15) is 5.56 Å². The van der Waals surface area contributed by atoms with Crippen molar-refractivity contribution in [2.45, 2.75) is 5.33 Å². The van der Waals surface area contributed by atoms with Gasteiger partial charge in [-0.1, -0.05) is 27.5 Å². The molecule has 0 heterocycles. The van der Waals surface area contributed by atoms with Crippen molar-refractivity contribution < 1.29 is 4.92 Å². The monoisotopic (exact) mass is 249 g/mol. The highest BCUT2D eigenvalue weighted by Crippen LogP contribution is 2.24. The second-order valence-corrected chi connectivity index (χ2v) is 3.16. The molecule has 1 aromatic carbocycles. The van der Waals surface area contributed by atoms with E-state index in [1.807, 2.05) is 0 Å². The third kappa shape index (κ3) is 1.95. The van der Waals surface area contributed by atoms with E-state index in [1.165, 1.54) is 6.07 Å². The van der Waals surface area contributed by atoms with E-state index in [4.69, 9.17) is 11.6 Å². The van der Waals surface area contributed by atoms with Crippen LogP contribution in [-0.2, 0) is 5.33 Å². The van der Waals surface area contributed by atoms with Crippen molar-refractivity contribution in [3.63, 3.8) is 0 Å². The van der Waals surface area contributed by atoms with E-state index in [-0.39, 0.29) is 5.69 Å². The maximum Gasteiger partial charge on any atom is 0.274 e. The molecule has 0 N–H and O–H groups in total. The van der Waals surface area contributed by atoms with E-state index in [2.05, 4.69) is 15.9 Å². The van der Waals surface area contributed by atoms with Crippen LogP contribution in [-0.4, -0.2) is 4.92 Å². The van der Waals surface area contributed by atoms with Crippen LogP contribution < -0.4 is 0 Å². The third-order valence-electron chi connectivity index (χ3n) is 1.39. The van der Waals surface area contributed by atoms with Crippen LogP contribution in [0.2, 0.25) is 5.02 Å². The minimum Gasteiger partial charge on any atom is -0.258 e. The van der Waals surface area contributed by atoms with Crippen molar-refractivity contribution in [2.24, 2.45) is 0 Å². The summed E-state index contributed by atoms with van der Waals surface area (Å²) in [6.07, 6.45) is 0. The topological polar surface area (TPSA) is 43.1 Å². The van der Waals surface area contributed by atoms with Crippen molar-refractivity contribution in [1.29, 1.82) is 0 Å². The van der Waals surface area contributed by atoms with E-state index < -0.39 is 4.92 Å². The van der Waals surface area contributed by atoms with Gasteiger partial charge in [0.1, 0.15) is 0 Å². The van der Waals surface area contributed by atoms with Crippen LogP contribution in [0.5, 0.6) is 0 Å². The molecule has 0 bridgehead atoms. The number of halogens is 2. The molecule has 1 rings (SSSR count). The number of hydrogen-bond acceptors (Lipinski definition) is 2. The van der Waals surface area contributed by atoms with E-state index in [0.29, 0.717) is 15.9 Å². The first-order chi connectivity index (χ1) is 5.65. The van der Waals surface area contributed by atoms with Gasteiger partial charge >= 0.3 is 0 Å². The first-order valence-corrected chi connectivity index (χ1v) is 4.64. The molecule has 3 nitrogen and oxygen atoms in total. The average molecular weight is 250 g/mol. The summed E-state index contributed by atoms with van der Waals surface area (Å²) in [5.74, 6) is 0. The maximum atomic E-state index is 10.5. The fourth-order valence-electron chi connectivity index (χ4n) is 0.820. The van der Waals surface area contributed by atoms with Crippen LogP contribution in [0.4, 0.5) is 5.69 Å². The highest BCUT2D eigenvalue weighted by molar-refractivity contribution is 9.08. The summed E-state index contributed by atoms with van der Waals surface area (Å²) >= 11 is 8.75. The Morgan fingerprint density at radius 2 is 2.25 bits per heavy atom. The fourth-order valence-corrected chi connectivity index (χ4v) is 1.46.